The highest BCUT2D eigenvalue weighted by Crippen LogP contribution is 2.19. The first kappa shape index (κ1) is 15.9. The van der Waals surface area contributed by atoms with Gasteiger partial charge in [0.1, 0.15) is 0 Å². The van der Waals surface area contributed by atoms with E-state index in [1.165, 1.54) is 6.07 Å². The highest BCUT2D eigenvalue weighted by molar-refractivity contribution is 5.82. The number of amides is 1. The van der Waals surface area contributed by atoms with E-state index in [4.69, 9.17) is 0 Å². The summed E-state index contributed by atoms with van der Waals surface area (Å²) in [7, 11) is 0. The first-order valence-electron chi connectivity index (χ1n) is 7.49. The third-order valence-electron chi connectivity index (χ3n) is 4.09. The van der Waals surface area contributed by atoms with Crippen LogP contribution in [0.2, 0.25) is 0 Å². The highest BCUT2D eigenvalue weighted by atomic mass is 19.2. The van der Waals surface area contributed by atoms with Crippen molar-refractivity contribution >= 4 is 5.91 Å². The van der Waals surface area contributed by atoms with E-state index < -0.39 is 11.6 Å². The van der Waals surface area contributed by atoms with Crippen LogP contribution in [0, 0.1) is 17.6 Å². The summed E-state index contributed by atoms with van der Waals surface area (Å²) in [5.74, 6) is -1.41. The van der Waals surface area contributed by atoms with Gasteiger partial charge in [0.25, 0.3) is 0 Å². The number of nitrogens with zero attached hydrogens (tertiary/aromatic N) is 1. The number of carbonyl (C=O) groups is 1. The predicted octanol–water partition coefficient (Wildman–Crippen LogP) is 2.70. The van der Waals surface area contributed by atoms with E-state index in [0.29, 0.717) is 24.6 Å². The minimum atomic E-state index is -0.875. The zero-order valence-electron chi connectivity index (χ0n) is 12.5. The number of hydrogen-bond acceptors (Lipinski definition) is 2. The second kappa shape index (κ2) is 6.98. The quantitative estimate of drug-likeness (QED) is 0.926. The average Bonchev–Trinajstić information content (AvgIpc) is 2.48. The Hall–Kier alpha value is -1.49. The van der Waals surface area contributed by atoms with Crippen LogP contribution in [0.1, 0.15) is 32.3 Å². The molecule has 0 radical (unpaired) electrons. The molecule has 3 nitrogen and oxygen atoms in total. The standard InChI is InChI=1S/C16H22F2N2O/c1-3-20(10-12-6-7-13(17)14(18)9-12)16(21)15-11(2)5-4-8-19-15/h6-7,9,11,15,19H,3-5,8,10H2,1-2H3. The second-order valence-corrected chi connectivity index (χ2v) is 5.65. The lowest BCUT2D eigenvalue weighted by Gasteiger charge is -2.33. The number of benzene rings is 1. The monoisotopic (exact) mass is 296 g/mol. The van der Waals surface area contributed by atoms with Crippen molar-refractivity contribution < 1.29 is 13.6 Å². The Labute approximate surface area is 124 Å². The van der Waals surface area contributed by atoms with Crippen LogP contribution in [0.3, 0.4) is 0 Å². The van der Waals surface area contributed by atoms with E-state index in [2.05, 4.69) is 12.2 Å². The second-order valence-electron chi connectivity index (χ2n) is 5.65. The Morgan fingerprint density at radius 3 is 2.76 bits per heavy atom. The average molecular weight is 296 g/mol. The largest absolute Gasteiger partial charge is 0.337 e. The molecule has 1 aromatic carbocycles. The van der Waals surface area contributed by atoms with Crippen molar-refractivity contribution in [2.24, 2.45) is 5.92 Å². The first-order valence-corrected chi connectivity index (χ1v) is 7.49. The van der Waals surface area contributed by atoms with Crippen molar-refractivity contribution in [2.45, 2.75) is 39.3 Å². The molecule has 1 fully saturated rings. The third-order valence-corrected chi connectivity index (χ3v) is 4.09. The maximum absolute atomic E-state index is 13.3. The molecule has 0 aliphatic carbocycles. The summed E-state index contributed by atoms with van der Waals surface area (Å²) >= 11 is 0. The van der Waals surface area contributed by atoms with E-state index >= 15 is 0 Å². The fourth-order valence-corrected chi connectivity index (χ4v) is 2.78. The van der Waals surface area contributed by atoms with Gasteiger partial charge in [0.05, 0.1) is 6.04 Å². The summed E-state index contributed by atoms with van der Waals surface area (Å²) in [6.07, 6.45) is 2.12. The zero-order valence-corrected chi connectivity index (χ0v) is 12.5. The number of carbonyl (C=O) groups excluding carboxylic acids is 1. The van der Waals surface area contributed by atoms with Crippen molar-refractivity contribution in [3.05, 3.63) is 35.4 Å². The van der Waals surface area contributed by atoms with Gasteiger partial charge in [0, 0.05) is 13.1 Å². The van der Waals surface area contributed by atoms with Crippen LogP contribution in [-0.4, -0.2) is 29.9 Å². The van der Waals surface area contributed by atoms with Gasteiger partial charge in [-0.2, -0.15) is 0 Å². The van der Waals surface area contributed by atoms with Crippen LogP contribution in [-0.2, 0) is 11.3 Å². The van der Waals surface area contributed by atoms with Gasteiger partial charge in [-0.15, -0.1) is 0 Å². The third kappa shape index (κ3) is 3.79. The van der Waals surface area contributed by atoms with Gasteiger partial charge in [0.2, 0.25) is 5.91 Å². The molecule has 2 unspecified atom stereocenters. The van der Waals surface area contributed by atoms with Crippen molar-refractivity contribution in [1.29, 1.82) is 0 Å². The first-order chi connectivity index (χ1) is 10.0. The summed E-state index contributed by atoms with van der Waals surface area (Å²) < 4.78 is 26.2. The molecule has 0 bridgehead atoms. The number of piperidine rings is 1. The molecule has 0 aromatic heterocycles. The molecule has 5 heteroatoms. The van der Waals surface area contributed by atoms with E-state index in [1.807, 2.05) is 6.92 Å². The molecule has 1 aromatic rings. The minimum Gasteiger partial charge on any atom is -0.337 e. The van der Waals surface area contributed by atoms with Gasteiger partial charge in [-0.3, -0.25) is 4.79 Å². The van der Waals surface area contributed by atoms with Crippen LogP contribution >= 0.6 is 0 Å². The maximum Gasteiger partial charge on any atom is 0.240 e. The maximum atomic E-state index is 13.3. The van der Waals surface area contributed by atoms with E-state index in [-0.39, 0.29) is 11.9 Å². The molecule has 2 atom stereocenters. The Balaban J connectivity index is 2.07. The van der Waals surface area contributed by atoms with Crippen molar-refractivity contribution in [2.75, 3.05) is 13.1 Å². The topological polar surface area (TPSA) is 32.3 Å². The predicted molar refractivity (Wildman–Crippen MR) is 77.6 cm³/mol. The molecular weight excluding hydrogens is 274 g/mol. The highest BCUT2D eigenvalue weighted by Gasteiger charge is 2.30. The minimum absolute atomic E-state index is 0.0365. The fourth-order valence-electron chi connectivity index (χ4n) is 2.78. The van der Waals surface area contributed by atoms with Gasteiger partial charge in [-0.25, -0.2) is 8.78 Å². The van der Waals surface area contributed by atoms with Gasteiger partial charge >= 0.3 is 0 Å². The normalized spacial score (nSPS) is 22.1. The number of likely N-dealkylation sites (N-methyl/N-ethyl adjacent to an activating group) is 1. The van der Waals surface area contributed by atoms with Crippen molar-refractivity contribution in [3.8, 4) is 0 Å². The summed E-state index contributed by atoms with van der Waals surface area (Å²) in [5.41, 5.74) is 0.604. The van der Waals surface area contributed by atoms with E-state index in [1.54, 1.807) is 4.90 Å². The number of nitrogens with one attached hydrogen (secondary N) is 1. The lowest BCUT2D eigenvalue weighted by atomic mass is 9.91. The van der Waals surface area contributed by atoms with Gasteiger partial charge in [-0.1, -0.05) is 13.0 Å². The van der Waals surface area contributed by atoms with Gasteiger partial charge in [0.15, 0.2) is 11.6 Å². The van der Waals surface area contributed by atoms with Crippen molar-refractivity contribution in [3.63, 3.8) is 0 Å². The number of hydrogen-bond donors (Lipinski definition) is 1. The fraction of sp³-hybridized carbons (Fsp3) is 0.562. The van der Waals surface area contributed by atoms with E-state index in [9.17, 15) is 13.6 Å². The van der Waals surface area contributed by atoms with Crippen LogP contribution in [0.25, 0.3) is 0 Å². The number of halogens is 2. The molecule has 0 saturated carbocycles. The molecule has 1 aliphatic heterocycles. The Kier molecular flexibility index (Phi) is 5.28. The van der Waals surface area contributed by atoms with Crippen LogP contribution in [0.4, 0.5) is 8.78 Å². The van der Waals surface area contributed by atoms with Crippen LogP contribution in [0.15, 0.2) is 18.2 Å². The number of rotatable bonds is 4. The van der Waals surface area contributed by atoms with Gasteiger partial charge in [-0.05, 0) is 49.9 Å². The Bertz CT molecular complexity index is 507. The molecule has 0 spiro atoms. The lowest BCUT2D eigenvalue weighted by molar-refractivity contribution is -0.135. The molecular formula is C16H22F2N2O. The molecule has 1 saturated heterocycles. The molecule has 116 valence electrons. The molecule has 1 aliphatic rings. The summed E-state index contributed by atoms with van der Waals surface area (Å²) in [6.45, 7) is 5.66. The molecule has 1 amide bonds. The molecule has 2 rings (SSSR count). The molecule has 1 heterocycles. The van der Waals surface area contributed by atoms with E-state index in [0.717, 1.165) is 31.5 Å². The Morgan fingerprint density at radius 2 is 2.14 bits per heavy atom. The lowest BCUT2D eigenvalue weighted by Crippen LogP contribution is -2.52. The Morgan fingerprint density at radius 1 is 1.38 bits per heavy atom. The molecule has 21 heavy (non-hydrogen) atoms. The summed E-state index contributed by atoms with van der Waals surface area (Å²) in [6, 6.07) is 3.60. The van der Waals surface area contributed by atoms with Gasteiger partial charge < -0.3 is 10.2 Å². The van der Waals surface area contributed by atoms with Crippen LogP contribution < -0.4 is 5.32 Å². The summed E-state index contributed by atoms with van der Waals surface area (Å²) in [5, 5.41) is 3.26. The smallest absolute Gasteiger partial charge is 0.240 e. The summed E-state index contributed by atoms with van der Waals surface area (Å²) in [4.78, 5) is 14.3. The SMILES string of the molecule is CCN(Cc1ccc(F)c(F)c1)C(=O)C1NCCCC1C. The molecule has 1 N–H and O–H groups in total. The van der Waals surface area contributed by atoms with Crippen LogP contribution in [0.5, 0.6) is 0 Å². The zero-order chi connectivity index (χ0) is 15.4. The van der Waals surface area contributed by atoms with Crippen molar-refractivity contribution in [1.82, 2.24) is 10.2 Å².